The Morgan fingerprint density at radius 3 is 2.44 bits per heavy atom. The molecule has 0 heterocycles. The van der Waals surface area contributed by atoms with Gasteiger partial charge in [-0.2, -0.15) is 0 Å². The molecule has 102 valence electrons. The molecule has 1 aromatic rings. The quantitative estimate of drug-likeness (QED) is 0.824. The number of nitrogens with zero attached hydrogens (tertiary/aromatic N) is 1. The predicted molar refractivity (Wildman–Crippen MR) is 73.3 cm³/mol. The summed E-state index contributed by atoms with van der Waals surface area (Å²) in [6, 6.07) is 5.75. The molecule has 0 aliphatic heterocycles. The molecule has 0 radical (unpaired) electrons. The van der Waals surface area contributed by atoms with Gasteiger partial charge in [-0.05, 0) is 26.8 Å². The van der Waals surface area contributed by atoms with Crippen LogP contribution in [0.1, 0.15) is 25.0 Å². The summed E-state index contributed by atoms with van der Waals surface area (Å²) in [4.78, 5) is 0. The molecule has 1 rings (SSSR count). The van der Waals surface area contributed by atoms with Crippen molar-refractivity contribution in [2.75, 3.05) is 14.2 Å². The molecular weight excluding hydrogens is 250 g/mol. The molecule has 0 aliphatic rings. The van der Waals surface area contributed by atoms with E-state index in [0.717, 1.165) is 11.1 Å². The van der Waals surface area contributed by atoms with Gasteiger partial charge in [-0.25, -0.2) is 12.7 Å². The van der Waals surface area contributed by atoms with Crippen LogP contribution in [-0.2, 0) is 16.6 Å². The van der Waals surface area contributed by atoms with Gasteiger partial charge >= 0.3 is 0 Å². The average Bonchev–Trinajstić information content (AvgIpc) is 2.29. The summed E-state index contributed by atoms with van der Waals surface area (Å²) in [6.07, 6.45) is 0. The van der Waals surface area contributed by atoms with Crippen LogP contribution in [0.3, 0.4) is 0 Å². The number of methoxy groups -OCH3 is 1. The Morgan fingerprint density at radius 1 is 1.33 bits per heavy atom. The first-order valence-corrected chi connectivity index (χ1v) is 7.38. The summed E-state index contributed by atoms with van der Waals surface area (Å²) in [7, 11) is -0.0524. The van der Waals surface area contributed by atoms with E-state index in [0.29, 0.717) is 12.3 Å². The van der Waals surface area contributed by atoms with Gasteiger partial charge in [-0.1, -0.05) is 17.7 Å². The maximum Gasteiger partial charge on any atom is 0.216 e. The maximum atomic E-state index is 12.0. The van der Waals surface area contributed by atoms with Crippen LogP contribution >= 0.6 is 0 Å². The van der Waals surface area contributed by atoms with Gasteiger partial charge in [0.25, 0.3) is 0 Å². The SMILES string of the molecule is COc1ccc(C)cc1CN(C)S(=O)(=O)C(C)C. The summed E-state index contributed by atoms with van der Waals surface area (Å²) < 4.78 is 30.6. The number of hydrogen-bond acceptors (Lipinski definition) is 3. The summed E-state index contributed by atoms with van der Waals surface area (Å²) in [5.41, 5.74) is 1.96. The molecule has 0 N–H and O–H groups in total. The molecule has 18 heavy (non-hydrogen) atoms. The van der Waals surface area contributed by atoms with Gasteiger partial charge in [0.15, 0.2) is 0 Å². The highest BCUT2D eigenvalue weighted by molar-refractivity contribution is 7.89. The van der Waals surface area contributed by atoms with E-state index in [1.165, 1.54) is 4.31 Å². The highest BCUT2D eigenvalue weighted by Gasteiger charge is 2.23. The van der Waals surface area contributed by atoms with E-state index < -0.39 is 15.3 Å². The zero-order valence-electron chi connectivity index (χ0n) is 11.6. The topological polar surface area (TPSA) is 46.6 Å². The minimum atomic E-state index is -3.24. The van der Waals surface area contributed by atoms with Crippen LogP contribution in [0.4, 0.5) is 0 Å². The Kier molecular flexibility index (Phi) is 4.76. The Morgan fingerprint density at radius 2 is 1.94 bits per heavy atom. The van der Waals surface area contributed by atoms with Crippen molar-refractivity contribution >= 4 is 10.0 Å². The van der Waals surface area contributed by atoms with Gasteiger partial charge in [0.05, 0.1) is 12.4 Å². The molecule has 0 unspecified atom stereocenters. The molecule has 0 amide bonds. The molecule has 0 aliphatic carbocycles. The lowest BCUT2D eigenvalue weighted by Crippen LogP contribution is -2.32. The second kappa shape index (κ2) is 5.71. The van der Waals surface area contributed by atoms with Crippen molar-refractivity contribution < 1.29 is 13.2 Å². The summed E-state index contributed by atoms with van der Waals surface area (Å²) in [6.45, 7) is 5.66. The molecule has 0 bridgehead atoms. The van der Waals surface area contributed by atoms with Crippen LogP contribution in [0, 0.1) is 6.92 Å². The number of sulfonamides is 1. The third-order valence-electron chi connectivity index (χ3n) is 2.86. The first kappa shape index (κ1) is 15.0. The van der Waals surface area contributed by atoms with E-state index >= 15 is 0 Å². The van der Waals surface area contributed by atoms with Crippen LogP contribution < -0.4 is 4.74 Å². The zero-order valence-corrected chi connectivity index (χ0v) is 12.4. The van der Waals surface area contributed by atoms with Crippen molar-refractivity contribution in [3.05, 3.63) is 29.3 Å². The van der Waals surface area contributed by atoms with Crippen molar-refractivity contribution in [3.63, 3.8) is 0 Å². The van der Waals surface area contributed by atoms with Crippen LogP contribution in [0.25, 0.3) is 0 Å². The lowest BCUT2D eigenvalue weighted by Gasteiger charge is -2.21. The zero-order chi connectivity index (χ0) is 13.9. The number of rotatable bonds is 5. The molecule has 5 heteroatoms. The summed E-state index contributed by atoms with van der Waals surface area (Å²) in [5, 5.41) is -0.418. The number of hydrogen-bond donors (Lipinski definition) is 0. The summed E-state index contributed by atoms with van der Waals surface area (Å²) >= 11 is 0. The minimum absolute atomic E-state index is 0.325. The predicted octanol–water partition coefficient (Wildman–Crippen LogP) is 2.17. The molecule has 0 fully saturated rings. The van der Waals surface area contributed by atoms with Crippen molar-refractivity contribution in [2.24, 2.45) is 0 Å². The monoisotopic (exact) mass is 271 g/mol. The van der Waals surface area contributed by atoms with E-state index in [1.807, 2.05) is 25.1 Å². The molecule has 0 saturated carbocycles. The smallest absolute Gasteiger partial charge is 0.216 e. The first-order chi connectivity index (χ1) is 8.28. The van der Waals surface area contributed by atoms with Crippen LogP contribution in [-0.4, -0.2) is 32.1 Å². The standard InChI is InChI=1S/C13H21NO3S/c1-10(2)18(15,16)14(4)9-12-8-11(3)6-7-13(12)17-5/h6-8,10H,9H2,1-5H3. The fraction of sp³-hybridized carbons (Fsp3) is 0.538. The minimum Gasteiger partial charge on any atom is -0.496 e. The Hall–Kier alpha value is -1.07. The molecule has 0 aromatic heterocycles. The number of ether oxygens (including phenoxy) is 1. The van der Waals surface area contributed by atoms with Crippen molar-refractivity contribution in [1.82, 2.24) is 4.31 Å². The Balaban J connectivity index is 3.01. The molecule has 4 nitrogen and oxygen atoms in total. The van der Waals surface area contributed by atoms with Gasteiger partial charge in [0.1, 0.15) is 5.75 Å². The Labute approximate surface area is 110 Å². The van der Waals surface area contributed by atoms with E-state index in [4.69, 9.17) is 4.74 Å². The third-order valence-corrected chi connectivity index (χ3v) is 5.05. The van der Waals surface area contributed by atoms with E-state index in [1.54, 1.807) is 28.0 Å². The van der Waals surface area contributed by atoms with Crippen LogP contribution in [0.15, 0.2) is 18.2 Å². The maximum absolute atomic E-state index is 12.0. The molecule has 0 spiro atoms. The second-order valence-electron chi connectivity index (χ2n) is 4.67. The summed E-state index contributed by atoms with van der Waals surface area (Å²) in [5.74, 6) is 0.714. The van der Waals surface area contributed by atoms with E-state index in [-0.39, 0.29) is 0 Å². The Bertz CT molecular complexity index is 509. The largest absolute Gasteiger partial charge is 0.496 e. The van der Waals surface area contributed by atoms with Gasteiger partial charge in [-0.15, -0.1) is 0 Å². The lowest BCUT2D eigenvalue weighted by molar-refractivity contribution is 0.397. The van der Waals surface area contributed by atoms with E-state index in [9.17, 15) is 8.42 Å². The van der Waals surface area contributed by atoms with Crippen molar-refractivity contribution in [2.45, 2.75) is 32.6 Å². The molecule has 1 aromatic carbocycles. The molecule has 0 atom stereocenters. The fourth-order valence-corrected chi connectivity index (χ4v) is 2.76. The van der Waals surface area contributed by atoms with Crippen LogP contribution in [0.2, 0.25) is 0 Å². The first-order valence-electron chi connectivity index (χ1n) is 5.87. The van der Waals surface area contributed by atoms with Gasteiger partial charge < -0.3 is 4.74 Å². The normalized spacial score (nSPS) is 12.2. The molecular formula is C13H21NO3S. The van der Waals surface area contributed by atoms with Gasteiger partial charge in [0.2, 0.25) is 10.0 Å². The molecule has 0 saturated heterocycles. The van der Waals surface area contributed by atoms with Crippen LogP contribution in [0.5, 0.6) is 5.75 Å². The number of benzene rings is 1. The van der Waals surface area contributed by atoms with Crippen molar-refractivity contribution in [1.29, 1.82) is 0 Å². The second-order valence-corrected chi connectivity index (χ2v) is 7.26. The average molecular weight is 271 g/mol. The number of aryl methyl sites for hydroxylation is 1. The van der Waals surface area contributed by atoms with Crippen molar-refractivity contribution in [3.8, 4) is 5.75 Å². The highest BCUT2D eigenvalue weighted by Crippen LogP contribution is 2.22. The third kappa shape index (κ3) is 3.23. The fourth-order valence-electron chi connectivity index (χ4n) is 1.72. The van der Waals surface area contributed by atoms with Gasteiger partial charge in [-0.3, -0.25) is 0 Å². The lowest BCUT2D eigenvalue weighted by atomic mass is 10.1. The van der Waals surface area contributed by atoms with E-state index in [2.05, 4.69) is 0 Å². The van der Waals surface area contributed by atoms with Gasteiger partial charge in [0, 0.05) is 19.2 Å². The highest BCUT2D eigenvalue weighted by atomic mass is 32.2.